The van der Waals surface area contributed by atoms with E-state index in [0.29, 0.717) is 50.8 Å². The topological polar surface area (TPSA) is 174 Å². The number of carboxylic acids is 2. The van der Waals surface area contributed by atoms with Gasteiger partial charge in [-0.3, -0.25) is 9.59 Å². The maximum Gasteiger partial charge on any atom is 0.303 e. The number of carbonyl (C=O) groups is 2. The molecule has 2 aromatic carbocycles. The smallest absolute Gasteiger partial charge is 0.303 e. The third kappa shape index (κ3) is 20.7. The summed E-state index contributed by atoms with van der Waals surface area (Å²) in [5, 5.41) is 53.0. The van der Waals surface area contributed by atoms with Gasteiger partial charge in [0, 0.05) is 12.8 Å². The lowest BCUT2D eigenvalue weighted by Gasteiger charge is -2.06. The van der Waals surface area contributed by atoms with Crippen LogP contribution in [0.25, 0.3) is 0 Å². The van der Waals surface area contributed by atoms with Crippen LogP contribution in [0.1, 0.15) is 74.6 Å². The highest BCUT2D eigenvalue weighted by molar-refractivity contribution is 5.67. The normalized spacial score (nSPS) is 10.3. The maximum atomic E-state index is 10.4. The van der Waals surface area contributed by atoms with Gasteiger partial charge in [-0.05, 0) is 72.9 Å². The van der Waals surface area contributed by atoms with E-state index in [9.17, 15) is 19.8 Å². The van der Waals surface area contributed by atoms with Gasteiger partial charge in [0.05, 0.1) is 39.6 Å². The highest BCUT2D eigenvalue weighted by Crippen LogP contribution is 2.22. The lowest BCUT2D eigenvalue weighted by Crippen LogP contribution is -2.09. The van der Waals surface area contributed by atoms with E-state index in [1.54, 1.807) is 24.3 Å². The number of unbranched alkanes of at least 4 members (excludes halogenated alkanes) is 2. The number of aliphatic carboxylic acids is 2. The van der Waals surface area contributed by atoms with E-state index >= 15 is 0 Å². The van der Waals surface area contributed by atoms with Crippen molar-refractivity contribution in [3.05, 3.63) is 58.7 Å². The van der Waals surface area contributed by atoms with Crippen LogP contribution in [-0.2, 0) is 44.7 Å². The molecule has 0 radical (unpaired) electrons. The van der Waals surface area contributed by atoms with Crippen molar-refractivity contribution in [3.8, 4) is 11.5 Å². The SMILES string of the molecule is CCCCc1cc(CCC(=O)O)ccc1O.CCCCc1cc(CCC(=O)O)ccc1O.OCCOCCOCCO. The standard InChI is InChI=1S/2C13H18O3.C6H14O4/c2*1-2-3-4-11-9-10(5-7-12(11)14)6-8-13(15)16;7-1-3-9-5-6-10-4-2-8/h2*5,7,9,14H,2-4,6,8H2,1H3,(H,15,16);7-8H,1-6H2. The molecule has 0 saturated heterocycles. The van der Waals surface area contributed by atoms with Gasteiger partial charge in [-0.15, -0.1) is 0 Å². The van der Waals surface area contributed by atoms with Crippen LogP contribution in [0.5, 0.6) is 11.5 Å². The first kappa shape index (κ1) is 38.8. The monoisotopic (exact) mass is 594 g/mol. The van der Waals surface area contributed by atoms with Crippen molar-refractivity contribution in [1.29, 1.82) is 0 Å². The predicted molar refractivity (Wildman–Crippen MR) is 161 cm³/mol. The van der Waals surface area contributed by atoms with Crippen LogP contribution in [0.4, 0.5) is 0 Å². The number of aliphatic hydroxyl groups is 2. The Morgan fingerprint density at radius 1 is 0.619 bits per heavy atom. The number of aliphatic hydroxyl groups excluding tert-OH is 2. The van der Waals surface area contributed by atoms with Crippen molar-refractivity contribution in [2.24, 2.45) is 0 Å². The molecule has 0 aliphatic heterocycles. The molecule has 238 valence electrons. The molecule has 0 unspecified atom stereocenters. The third-order valence-electron chi connectivity index (χ3n) is 5.99. The molecular weight excluding hydrogens is 544 g/mol. The van der Waals surface area contributed by atoms with E-state index in [1.165, 1.54) is 0 Å². The molecule has 0 saturated carbocycles. The summed E-state index contributed by atoms with van der Waals surface area (Å²) in [6, 6.07) is 10.7. The van der Waals surface area contributed by atoms with Crippen LogP contribution < -0.4 is 0 Å². The summed E-state index contributed by atoms with van der Waals surface area (Å²) in [5.41, 5.74) is 3.80. The Kier molecular flexibility index (Phi) is 23.6. The van der Waals surface area contributed by atoms with E-state index in [-0.39, 0.29) is 26.1 Å². The molecule has 0 amide bonds. The molecule has 0 bridgehead atoms. The minimum Gasteiger partial charge on any atom is -0.508 e. The number of ether oxygens (including phenoxy) is 2. The van der Waals surface area contributed by atoms with Crippen LogP contribution in [0.2, 0.25) is 0 Å². The Bertz CT molecular complexity index is 914. The van der Waals surface area contributed by atoms with E-state index in [1.807, 2.05) is 12.1 Å². The summed E-state index contributed by atoms with van der Waals surface area (Å²) < 4.78 is 9.75. The quantitative estimate of drug-likeness (QED) is 0.127. The molecule has 0 aliphatic rings. The van der Waals surface area contributed by atoms with Gasteiger partial charge in [0.25, 0.3) is 0 Å². The predicted octanol–water partition coefficient (Wildman–Crippen LogP) is 4.51. The number of benzene rings is 2. The third-order valence-corrected chi connectivity index (χ3v) is 5.99. The minimum absolute atomic E-state index is 0.0417. The van der Waals surface area contributed by atoms with E-state index in [4.69, 9.17) is 29.9 Å². The van der Waals surface area contributed by atoms with Crippen LogP contribution in [0.3, 0.4) is 0 Å². The summed E-state index contributed by atoms with van der Waals surface area (Å²) in [5.74, 6) is -0.952. The van der Waals surface area contributed by atoms with Gasteiger partial charge in [-0.25, -0.2) is 0 Å². The highest BCUT2D eigenvalue weighted by atomic mass is 16.5. The number of hydrogen-bond acceptors (Lipinski definition) is 8. The molecule has 2 aromatic rings. The maximum absolute atomic E-state index is 10.4. The van der Waals surface area contributed by atoms with Gasteiger partial charge in [0.1, 0.15) is 11.5 Å². The summed E-state index contributed by atoms with van der Waals surface area (Å²) in [6.45, 7) is 5.93. The Hall–Kier alpha value is -3.18. The Labute approximate surface area is 249 Å². The average molecular weight is 595 g/mol. The van der Waals surface area contributed by atoms with Crippen LogP contribution in [0, 0.1) is 0 Å². The lowest BCUT2D eigenvalue weighted by molar-refractivity contribution is -0.138. The van der Waals surface area contributed by atoms with Gasteiger partial charge < -0.3 is 40.1 Å². The van der Waals surface area contributed by atoms with Crippen molar-refractivity contribution in [2.45, 2.75) is 78.1 Å². The summed E-state index contributed by atoms with van der Waals surface area (Å²) in [4.78, 5) is 20.9. The van der Waals surface area contributed by atoms with Gasteiger partial charge in [-0.1, -0.05) is 51.0 Å². The molecule has 0 aliphatic carbocycles. The van der Waals surface area contributed by atoms with Crippen molar-refractivity contribution in [1.82, 2.24) is 0 Å². The first-order valence-corrected chi connectivity index (χ1v) is 14.6. The van der Waals surface area contributed by atoms with Crippen LogP contribution in [0.15, 0.2) is 36.4 Å². The molecular formula is C32H50O10. The van der Waals surface area contributed by atoms with Gasteiger partial charge in [0.2, 0.25) is 0 Å². The second-order valence-corrected chi connectivity index (χ2v) is 9.59. The zero-order chi connectivity index (χ0) is 31.6. The number of hydrogen-bond donors (Lipinski definition) is 6. The fraction of sp³-hybridized carbons (Fsp3) is 0.562. The molecule has 10 heteroatoms. The number of aryl methyl sites for hydroxylation is 4. The number of phenolic OH excluding ortho intramolecular Hbond substituents is 2. The second-order valence-electron chi connectivity index (χ2n) is 9.59. The zero-order valence-electron chi connectivity index (χ0n) is 25.1. The zero-order valence-corrected chi connectivity index (χ0v) is 25.1. The second kappa shape index (κ2) is 25.5. The molecule has 0 fully saturated rings. The van der Waals surface area contributed by atoms with E-state index in [0.717, 1.165) is 60.8 Å². The fourth-order valence-corrected chi connectivity index (χ4v) is 3.68. The average Bonchev–Trinajstić information content (AvgIpc) is 2.97. The molecule has 2 rings (SSSR count). The first-order chi connectivity index (χ1) is 20.2. The van der Waals surface area contributed by atoms with Gasteiger partial charge >= 0.3 is 11.9 Å². The van der Waals surface area contributed by atoms with Crippen LogP contribution in [-0.4, -0.2) is 82.2 Å². The summed E-state index contributed by atoms with van der Waals surface area (Å²) in [7, 11) is 0. The molecule has 0 atom stereocenters. The molecule has 0 spiro atoms. The molecule has 10 nitrogen and oxygen atoms in total. The Balaban J connectivity index is 0.000000620. The summed E-state index contributed by atoms with van der Waals surface area (Å²) in [6.07, 6.45) is 7.26. The minimum atomic E-state index is -0.789. The van der Waals surface area contributed by atoms with Crippen LogP contribution >= 0.6 is 0 Å². The lowest BCUT2D eigenvalue weighted by atomic mass is 10.0. The largest absolute Gasteiger partial charge is 0.508 e. The number of aromatic hydroxyl groups is 2. The van der Waals surface area contributed by atoms with E-state index in [2.05, 4.69) is 13.8 Å². The van der Waals surface area contributed by atoms with E-state index < -0.39 is 11.9 Å². The Morgan fingerprint density at radius 3 is 1.31 bits per heavy atom. The number of carboxylic acid groups (broad SMARTS) is 2. The number of phenols is 2. The molecule has 6 N–H and O–H groups in total. The first-order valence-electron chi connectivity index (χ1n) is 14.6. The molecule has 0 heterocycles. The van der Waals surface area contributed by atoms with Crippen molar-refractivity contribution >= 4 is 11.9 Å². The van der Waals surface area contributed by atoms with Crippen molar-refractivity contribution in [2.75, 3.05) is 39.6 Å². The van der Waals surface area contributed by atoms with Gasteiger partial charge in [0.15, 0.2) is 0 Å². The summed E-state index contributed by atoms with van der Waals surface area (Å²) >= 11 is 0. The van der Waals surface area contributed by atoms with Crippen molar-refractivity contribution < 1.29 is 49.7 Å². The molecule has 42 heavy (non-hydrogen) atoms. The van der Waals surface area contributed by atoms with Crippen molar-refractivity contribution in [3.63, 3.8) is 0 Å². The van der Waals surface area contributed by atoms with Gasteiger partial charge in [-0.2, -0.15) is 0 Å². The molecule has 0 aromatic heterocycles. The number of rotatable bonds is 19. The highest BCUT2D eigenvalue weighted by Gasteiger charge is 2.05. The Morgan fingerprint density at radius 2 is 1.00 bits per heavy atom. The fourth-order valence-electron chi connectivity index (χ4n) is 3.68.